The predicted octanol–water partition coefficient (Wildman–Crippen LogP) is 3.53. The first-order valence-electron chi connectivity index (χ1n) is 4.88. The molecule has 0 amide bonds. The molecule has 88 valence electrons. The second-order valence-electron chi connectivity index (χ2n) is 3.48. The quantitative estimate of drug-likeness (QED) is 0.881. The van der Waals surface area contributed by atoms with Crippen LogP contribution in [0, 0.1) is 5.82 Å². The van der Waals surface area contributed by atoms with Gasteiger partial charge in [0.2, 0.25) is 0 Å². The van der Waals surface area contributed by atoms with E-state index in [0.717, 1.165) is 4.88 Å². The van der Waals surface area contributed by atoms with E-state index >= 15 is 0 Å². The molecule has 1 aromatic heterocycles. The van der Waals surface area contributed by atoms with Gasteiger partial charge in [-0.25, -0.2) is 4.39 Å². The molecule has 0 aliphatic carbocycles. The van der Waals surface area contributed by atoms with Crippen molar-refractivity contribution in [3.8, 4) is 0 Å². The van der Waals surface area contributed by atoms with Crippen LogP contribution in [0.3, 0.4) is 0 Å². The van der Waals surface area contributed by atoms with Crippen LogP contribution in [0.15, 0.2) is 40.2 Å². The second-order valence-corrected chi connectivity index (χ2v) is 5.38. The minimum atomic E-state index is -0.807. The molecule has 1 atom stereocenters. The number of Topliss-reactive ketones (excluding diaryl/α,β-unsaturated/α-hetero) is 1. The van der Waals surface area contributed by atoms with E-state index in [-0.39, 0.29) is 5.56 Å². The average Bonchev–Trinajstić information content (AvgIpc) is 2.84. The van der Waals surface area contributed by atoms with Gasteiger partial charge in [0, 0.05) is 9.35 Å². The lowest BCUT2D eigenvalue weighted by molar-refractivity contribution is 0.0958. The Balaban J connectivity index is 2.34. The van der Waals surface area contributed by atoms with Crippen LogP contribution in [0.4, 0.5) is 4.39 Å². The largest absolute Gasteiger partial charge is 0.317 e. The van der Waals surface area contributed by atoms with Crippen molar-refractivity contribution in [3.63, 3.8) is 0 Å². The molecule has 0 radical (unpaired) electrons. The Hall–Kier alpha value is -1.04. The summed E-state index contributed by atoms with van der Waals surface area (Å²) in [4.78, 5) is 12.8. The topological polar surface area (TPSA) is 43.1 Å². The highest BCUT2D eigenvalue weighted by Gasteiger charge is 2.21. The monoisotopic (exact) mass is 313 g/mol. The Morgan fingerprint density at radius 2 is 2.18 bits per heavy atom. The summed E-state index contributed by atoms with van der Waals surface area (Å²) in [7, 11) is 0. The van der Waals surface area contributed by atoms with E-state index in [2.05, 4.69) is 15.9 Å². The zero-order chi connectivity index (χ0) is 12.4. The molecule has 5 heteroatoms. The first-order chi connectivity index (χ1) is 8.09. The molecule has 0 fully saturated rings. The smallest absolute Gasteiger partial charge is 0.187 e. The molecule has 2 aromatic rings. The number of hydrogen-bond donors (Lipinski definition) is 1. The number of thiophene rings is 1. The number of halogens is 2. The van der Waals surface area contributed by atoms with E-state index in [1.54, 1.807) is 12.1 Å². The van der Waals surface area contributed by atoms with E-state index in [1.807, 2.05) is 11.4 Å². The number of carbonyl (C=O) groups is 1. The van der Waals surface area contributed by atoms with Gasteiger partial charge in [0.05, 0.1) is 5.56 Å². The molecule has 0 aliphatic heterocycles. The fourth-order valence-electron chi connectivity index (χ4n) is 1.45. The van der Waals surface area contributed by atoms with Crippen molar-refractivity contribution in [2.75, 3.05) is 0 Å². The van der Waals surface area contributed by atoms with Crippen molar-refractivity contribution in [2.24, 2.45) is 5.73 Å². The molecule has 1 unspecified atom stereocenters. The number of benzene rings is 1. The first kappa shape index (κ1) is 12.4. The summed E-state index contributed by atoms with van der Waals surface area (Å²) < 4.78 is 14.2. The molecule has 2 nitrogen and oxygen atoms in total. The van der Waals surface area contributed by atoms with Crippen LogP contribution in [0.2, 0.25) is 0 Å². The van der Waals surface area contributed by atoms with E-state index in [4.69, 9.17) is 5.73 Å². The fraction of sp³-hybridized carbons (Fsp3) is 0.0833. The van der Waals surface area contributed by atoms with Gasteiger partial charge in [-0.05, 0) is 29.6 Å². The van der Waals surface area contributed by atoms with Gasteiger partial charge in [-0.15, -0.1) is 11.3 Å². The Morgan fingerprint density at radius 1 is 1.41 bits per heavy atom. The van der Waals surface area contributed by atoms with Gasteiger partial charge in [-0.3, -0.25) is 4.79 Å². The molecular weight excluding hydrogens is 305 g/mol. The van der Waals surface area contributed by atoms with Gasteiger partial charge in [0.15, 0.2) is 5.78 Å². The Kier molecular flexibility index (Phi) is 3.71. The lowest BCUT2D eigenvalue weighted by Gasteiger charge is -2.09. The SMILES string of the molecule is NC(C(=O)c1cc(Br)ccc1F)c1cccs1. The van der Waals surface area contributed by atoms with Gasteiger partial charge in [-0.1, -0.05) is 22.0 Å². The number of nitrogens with two attached hydrogens (primary N) is 1. The summed E-state index contributed by atoms with van der Waals surface area (Å²) in [5.41, 5.74) is 5.83. The summed E-state index contributed by atoms with van der Waals surface area (Å²) in [6.45, 7) is 0. The maximum Gasteiger partial charge on any atom is 0.187 e. The molecule has 1 aromatic carbocycles. The molecule has 2 N–H and O–H groups in total. The summed E-state index contributed by atoms with van der Waals surface area (Å²) >= 11 is 4.59. The van der Waals surface area contributed by atoms with Gasteiger partial charge in [-0.2, -0.15) is 0 Å². The maximum absolute atomic E-state index is 13.5. The highest BCUT2D eigenvalue weighted by molar-refractivity contribution is 9.10. The summed E-state index contributed by atoms with van der Waals surface area (Å²) in [6, 6.07) is 7.01. The van der Waals surface area contributed by atoms with Crippen LogP contribution in [0.25, 0.3) is 0 Å². The zero-order valence-electron chi connectivity index (χ0n) is 8.69. The summed E-state index contributed by atoms with van der Waals surface area (Å²) in [5.74, 6) is -0.962. The highest BCUT2D eigenvalue weighted by atomic mass is 79.9. The third kappa shape index (κ3) is 2.62. The standard InChI is InChI=1S/C12H9BrFNOS/c13-7-3-4-9(14)8(6-7)12(16)11(15)10-2-1-5-17-10/h1-6,11H,15H2. The third-order valence-electron chi connectivity index (χ3n) is 2.33. The maximum atomic E-state index is 13.5. The van der Waals surface area contributed by atoms with E-state index in [9.17, 15) is 9.18 Å². The van der Waals surface area contributed by atoms with Crippen LogP contribution in [-0.4, -0.2) is 5.78 Å². The molecule has 0 saturated heterocycles. The normalized spacial score (nSPS) is 12.4. The number of hydrogen-bond acceptors (Lipinski definition) is 3. The van der Waals surface area contributed by atoms with Gasteiger partial charge < -0.3 is 5.73 Å². The summed E-state index contributed by atoms with van der Waals surface area (Å²) in [5, 5.41) is 1.83. The fourth-order valence-corrected chi connectivity index (χ4v) is 2.54. The van der Waals surface area contributed by atoms with Crippen LogP contribution in [0.1, 0.15) is 21.3 Å². The van der Waals surface area contributed by atoms with Crippen molar-refractivity contribution < 1.29 is 9.18 Å². The van der Waals surface area contributed by atoms with Gasteiger partial charge in [0.1, 0.15) is 11.9 Å². The molecule has 0 aliphatic rings. The number of rotatable bonds is 3. The van der Waals surface area contributed by atoms with Crippen LogP contribution >= 0.6 is 27.3 Å². The Morgan fingerprint density at radius 3 is 2.82 bits per heavy atom. The minimum Gasteiger partial charge on any atom is -0.317 e. The lowest BCUT2D eigenvalue weighted by Crippen LogP contribution is -2.21. The molecule has 0 spiro atoms. The van der Waals surface area contributed by atoms with Crippen molar-refractivity contribution in [1.82, 2.24) is 0 Å². The van der Waals surface area contributed by atoms with Crippen molar-refractivity contribution in [3.05, 3.63) is 56.4 Å². The van der Waals surface area contributed by atoms with Crippen molar-refractivity contribution >= 4 is 33.0 Å². The van der Waals surface area contributed by atoms with E-state index < -0.39 is 17.6 Å². The molecule has 0 saturated carbocycles. The van der Waals surface area contributed by atoms with Gasteiger partial charge in [0.25, 0.3) is 0 Å². The third-order valence-corrected chi connectivity index (χ3v) is 3.77. The molecule has 0 bridgehead atoms. The highest BCUT2D eigenvalue weighted by Crippen LogP contribution is 2.24. The molecule has 17 heavy (non-hydrogen) atoms. The molecule has 1 heterocycles. The Bertz CT molecular complexity index is 541. The van der Waals surface area contributed by atoms with E-state index in [0.29, 0.717) is 4.47 Å². The second kappa shape index (κ2) is 5.08. The molecule has 2 rings (SSSR count). The zero-order valence-corrected chi connectivity index (χ0v) is 11.1. The van der Waals surface area contributed by atoms with Crippen molar-refractivity contribution in [1.29, 1.82) is 0 Å². The predicted molar refractivity (Wildman–Crippen MR) is 69.7 cm³/mol. The molecular formula is C12H9BrFNOS. The van der Waals surface area contributed by atoms with Crippen LogP contribution in [-0.2, 0) is 0 Å². The minimum absolute atomic E-state index is 0.0141. The Labute approximate surface area is 110 Å². The van der Waals surface area contributed by atoms with Crippen LogP contribution < -0.4 is 5.73 Å². The summed E-state index contributed by atoms with van der Waals surface area (Å²) in [6.07, 6.45) is 0. The van der Waals surface area contributed by atoms with Crippen LogP contribution in [0.5, 0.6) is 0 Å². The number of ketones is 1. The van der Waals surface area contributed by atoms with E-state index in [1.165, 1.54) is 23.5 Å². The average molecular weight is 314 g/mol. The van der Waals surface area contributed by atoms with Crippen molar-refractivity contribution in [2.45, 2.75) is 6.04 Å². The first-order valence-corrected chi connectivity index (χ1v) is 6.55. The number of carbonyl (C=O) groups excluding carboxylic acids is 1. The lowest BCUT2D eigenvalue weighted by atomic mass is 10.0. The van der Waals surface area contributed by atoms with Gasteiger partial charge >= 0.3 is 0 Å².